The second-order valence-corrected chi connectivity index (χ2v) is 5.27. The largest absolute Gasteiger partial charge is 0.391 e. The molecular weight excluding hydrogens is 266 g/mol. The van der Waals surface area contributed by atoms with Crippen LogP contribution in [-0.4, -0.2) is 47.1 Å². The highest BCUT2D eigenvalue weighted by Crippen LogP contribution is 2.22. The number of likely N-dealkylation sites (tertiary alicyclic amines) is 1. The maximum absolute atomic E-state index is 12.4. The molecule has 0 bridgehead atoms. The molecule has 1 saturated heterocycles. The van der Waals surface area contributed by atoms with Crippen LogP contribution in [0.2, 0.25) is 5.02 Å². The summed E-state index contributed by atoms with van der Waals surface area (Å²) in [4.78, 5) is 18.2. The first-order chi connectivity index (χ1) is 9.02. The summed E-state index contributed by atoms with van der Waals surface area (Å²) in [6, 6.07) is 3.36. The molecule has 6 heteroatoms. The molecule has 2 N–H and O–H groups in total. The van der Waals surface area contributed by atoms with Gasteiger partial charge in [0.15, 0.2) is 0 Å². The first kappa shape index (κ1) is 14.1. The van der Waals surface area contributed by atoms with Gasteiger partial charge < -0.3 is 15.3 Å². The number of hydrogen-bond acceptors (Lipinski definition) is 4. The molecule has 5 nitrogen and oxygen atoms in total. The number of aliphatic hydroxyl groups is 1. The first-order valence-corrected chi connectivity index (χ1v) is 6.72. The number of rotatable bonds is 2. The summed E-state index contributed by atoms with van der Waals surface area (Å²) >= 11 is 6.03. The molecule has 2 rings (SSSR count). The Balaban J connectivity index is 2.20. The summed E-state index contributed by atoms with van der Waals surface area (Å²) in [6.07, 6.45) is 0.305. The van der Waals surface area contributed by atoms with E-state index in [0.29, 0.717) is 23.9 Å². The highest BCUT2D eigenvalue weighted by Gasteiger charge is 2.29. The monoisotopic (exact) mass is 283 g/mol. The molecule has 1 fully saturated rings. The van der Waals surface area contributed by atoms with E-state index >= 15 is 0 Å². The number of aromatic nitrogens is 1. The zero-order valence-corrected chi connectivity index (χ0v) is 11.8. The molecule has 0 spiro atoms. The van der Waals surface area contributed by atoms with Gasteiger partial charge in [-0.25, -0.2) is 4.98 Å². The molecule has 2 heterocycles. The van der Waals surface area contributed by atoms with Crippen molar-refractivity contribution >= 4 is 23.3 Å². The molecule has 2 unspecified atom stereocenters. The van der Waals surface area contributed by atoms with Gasteiger partial charge in [-0.3, -0.25) is 4.79 Å². The summed E-state index contributed by atoms with van der Waals surface area (Å²) in [7, 11) is 1.73. The minimum atomic E-state index is -0.482. The van der Waals surface area contributed by atoms with Crippen LogP contribution in [0.4, 0.5) is 5.82 Å². The number of anilines is 1. The molecule has 1 aliphatic heterocycles. The second-order valence-electron chi connectivity index (χ2n) is 4.86. The van der Waals surface area contributed by atoms with E-state index in [4.69, 9.17) is 11.6 Å². The van der Waals surface area contributed by atoms with E-state index in [1.165, 1.54) is 0 Å². The normalized spacial score (nSPS) is 23.3. The van der Waals surface area contributed by atoms with Gasteiger partial charge in [-0.2, -0.15) is 0 Å². The maximum Gasteiger partial charge on any atom is 0.274 e. The van der Waals surface area contributed by atoms with Crippen molar-refractivity contribution in [1.82, 2.24) is 9.88 Å². The molecule has 0 saturated carbocycles. The third-order valence-electron chi connectivity index (χ3n) is 3.51. The zero-order valence-electron chi connectivity index (χ0n) is 11.1. The Kier molecular flexibility index (Phi) is 4.27. The molecule has 1 amide bonds. The number of amides is 1. The zero-order chi connectivity index (χ0) is 14.0. The van der Waals surface area contributed by atoms with Crippen LogP contribution in [0, 0.1) is 5.92 Å². The van der Waals surface area contributed by atoms with Crippen LogP contribution in [0.25, 0.3) is 0 Å². The number of nitrogens with one attached hydrogen (secondary N) is 1. The number of carbonyl (C=O) groups is 1. The van der Waals surface area contributed by atoms with E-state index in [-0.39, 0.29) is 17.5 Å². The lowest BCUT2D eigenvalue weighted by molar-refractivity contribution is 0.0245. The van der Waals surface area contributed by atoms with Crippen molar-refractivity contribution in [3.63, 3.8) is 0 Å². The van der Waals surface area contributed by atoms with Gasteiger partial charge in [0.05, 0.1) is 11.1 Å². The van der Waals surface area contributed by atoms with Crippen LogP contribution in [0.3, 0.4) is 0 Å². The van der Waals surface area contributed by atoms with Gasteiger partial charge in [-0.05, 0) is 24.5 Å². The number of aliphatic hydroxyl groups excluding tert-OH is 1. The second kappa shape index (κ2) is 5.75. The fraction of sp³-hybridized carbons (Fsp3) is 0.538. The third kappa shape index (κ3) is 2.98. The van der Waals surface area contributed by atoms with Crippen LogP contribution < -0.4 is 5.32 Å². The molecule has 2 atom stereocenters. The molecule has 1 aromatic heterocycles. The molecule has 0 radical (unpaired) electrons. The molecule has 1 aromatic rings. The summed E-state index contributed by atoms with van der Waals surface area (Å²) in [5.74, 6) is 0.586. The predicted molar refractivity (Wildman–Crippen MR) is 74.5 cm³/mol. The van der Waals surface area contributed by atoms with Crippen LogP contribution in [0.1, 0.15) is 23.8 Å². The third-order valence-corrected chi connectivity index (χ3v) is 3.82. The highest BCUT2D eigenvalue weighted by molar-refractivity contribution is 6.33. The van der Waals surface area contributed by atoms with Gasteiger partial charge in [0.2, 0.25) is 0 Å². The van der Waals surface area contributed by atoms with Crippen molar-refractivity contribution in [2.24, 2.45) is 5.92 Å². The molecule has 0 aliphatic carbocycles. The maximum atomic E-state index is 12.4. The number of piperidine rings is 1. The SMILES string of the molecule is CNc1ccc(Cl)c(C(=O)N2CCC(C)C(O)C2)n1. The van der Waals surface area contributed by atoms with Crippen molar-refractivity contribution in [1.29, 1.82) is 0 Å². The van der Waals surface area contributed by atoms with Gasteiger partial charge >= 0.3 is 0 Å². The van der Waals surface area contributed by atoms with E-state index in [1.54, 1.807) is 24.1 Å². The summed E-state index contributed by atoms with van der Waals surface area (Å²) < 4.78 is 0. The van der Waals surface area contributed by atoms with E-state index < -0.39 is 6.10 Å². The van der Waals surface area contributed by atoms with Crippen molar-refractivity contribution < 1.29 is 9.90 Å². The average molecular weight is 284 g/mol. The quantitative estimate of drug-likeness (QED) is 0.866. The first-order valence-electron chi connectivity index (χ1n) is 6.34. The number of nitrogens with zero attached hydrogens (tertiary/aromatic N) is 2. The lowest BCUT2D eigenvalue weighted by Crippen LogP contribution is -2.46. The number of carbonyl (C=O) groups excluding carboxylic acids is 1. The highest BCUT2D eigenvalue weighted by atomic mass is 35.5. The Morgan fingerprint density at radius 2 is 2.32 bits per heavy atom. The Hall–Kier alpha value is -1.33. The Morgan fingerprint density at radius 3 is 2.95 bits per heavy atom. The van der Waals surface area contributed by atoms with Crippen LogP contribution >= 0.6 is 11.6 Å². The van der Waals surface area contributed by atoms with E-state index in [9.17, 15) is 9.90 Å². The van der Waals surface area contributed by atoms with Gasteiger partial charge in [-0.15, -0.1) is 0 Å². The molecule has 104 valence electrons. The van der Waals surface area contributed by atoms with Gasteiger partial charge in [0.25, 0.3) is 5.91 Å². The Morgan fingerprint density at radius 1 is 1.58 bits per heavy atom. The predicted octanol–water partition coefficient (Wildman–Crippen LogP) is 1.62. The number of β-amino-alcohol motifs (C(OH)–C–C–N with tert-alkyl or cyclic N) is 1. The summed E-state index contributed by atoms with van der Waals surface area (Å²) in [6.45, 7) is 2.94. The van der Waals surface area contributed by atoms with E-state index in [0.717, 1.165) is 6.42 Å². The average Bonchev–Trinajstić information content (AvgIpc) is 2.41. The van der Waals surface area contributed by atoms with E-state index in [1.807, 2.05) is 6.92 Å². The van der Waals surface area contributed by atoms with Gasteiger partial charge in [0, 0.05) is 20.1 Å². The van der Waals surface area contributed by atoms with E-state index in [2.05, 4.69) is 10.3 Å². The lowest BCUT2D eigenvalue weighted by Gasteiger charge is -2.34. The van der Waals surface area contributed by atoms with Crippen molar-refractivity contribution in [2.75, 3.05) is 25.5 Å². The lowest BCUT2D eigenvalue weighted by atomic mass is 9.96. The summed E-state index contributed by atoms with van der Waals surface area (Å²) in [5.41, 5.74) is 0.232. The minimum Gasteiger partial charge on any atom is -0.391 e. The fourth-order valence-electron chi connectivity index (χ4n) is 2.11. The fourth-order valence-corrected chi connectivity index (χ4v) is 2.30. The summed E-state index contributed by atoms with van der Waals surface area (Å²) in [5, 5.41) is 13.1. The smallest absolute Gasteiger partial charge is 0.274 e. The van der Waals surface area contributed by atoms with Crippen LogP contribution in [-0.2, 0) is 0 Å². The standard InChI is InChI=1S/C13H18ClN3O2/c1-8-5-6-17(7-10(8)18)13(19)12-9(14)3-4-11(15-2)16-12/h3-4,8,10,18H,5-7H2,1-2H3,(H,15,16). The van der Waals surface area contributed by atoms with Crippen LogP contribution in [0.5, 0.6) is 0 Å². The van der Waals surface area contributed by atoms with Gasteiger partial charge in [0.1, 0.15) is 11.5 Å². The minimum absolute atomic E-state index is 0.219. The number of pyridine rings is 1. The molecular formula is C13H18ClN3O2. The Labute approximate surface area is 117 Å². The number of hydrogen-bond donors (Lipinski definition) is 2. The van der Waals surface area contributed by atoms with Gasteiger partial charge in [-0.1, -0.05) is 18.5 Å². The van der Waals surface area contributed by atoms with Crippen molar-refractivity contribution in [3.05, 3.63) is 22.8 Å². The van der Waals surface area contributed by atoms with Crippen molar-refractivity contribution in [3.8, 4) is 0 Å². The van der Waals surface area contributed by atoms with Crippen molar-refractivity contribution in [2.45, 2.75) is 19.4 Å². The number of halogens is 1. The molecule has 1 aliphatic rings. The topological polar surface area (TPSA) is 65.5 Å². The van der Waals surface area contributed by atoms with Crippen LogP contribution in [0.15, 0.2) is 12.1 Å². The molecule has 0 aromatic carbocycles. The molecule has 19 heavy (non-hydrogen) atoms. The Bertz CT molecular complexity index is 481.